The number of hydrogen-bond acceptors (Lipinski definition) is 3. The molecule has 0 saturated heterocycles. The van der Waals surface area contributed by atoms with Crippen molar-refractivity contribution < 1.29 is 14.6 Å². The van der Waals surface area contributed by atoms with Crippen molar-refractivity contribution in [1.82, 2.24) is 0 Å². The third-order valence-corrected chi connectivity index (χ3v) is 9.74. The molecule has 0 heterocycles. The summed E-state index contributed by atoms with van der Waals surface area (Å²) in [6.07, 6.45) is 19.4. The summed E-state index contributed by atoms with van der Waals surface area (Å²) in [5.74, 6) is 2.32. The fraction of sp³-hybridized carbons (Fsp3) is 0.591. The van der Waals surface area contributed by atoms with E-state index in [1.54, 1.807) is 0 Å². The summed E-state index contributed by atoms with van der Waals surface area (Å²) in [5, 5.41) is 11.2. The van der Waals surface area contributed by atoms with E-state index in [0.717, 1.165) is 56.0 Å². The van der Waals surface area contributed by atoms with Crippen molar-refractivity contribution in [3.8, 4) is 17.2 Å². The predicted octanol–water partition coefficient (Wildman–Crippen LogP) is 12.7. The maximum absolute atomic E-state index is 11.2. The van der Waals surface area contributed by atoms with Crippen molar-refractivity contribution in [2.75, 3.05) is 13.2 Å². The molecule has 0 aliphatic heterocycles. The lowest BCUT2D eigenvalue weighted by molar-refractivity contribution is 0.294. The van der Waals surface area contributed by atoms with Gasteiger partial charge in [0.25, 0.3) is 0 Å². The summed E-state index contributed by atoms with van der Waals surface area (Å²) in [7, 11) is 0. The molecule has 3 rings (SSSR count). The highest BCUT2D eigenvalue weighted by Crippen LogP contribution is 2.40. The molecule has 0 atom stereocenters. The van der Waals surface area contributed by atoms with Crippen molar-refractivity contribution in [1.29, 1.82) is 0 Å². The van der Waals surface area contributed by atoms with Crippen LogP contribution in [-0.4, -0.2) is 18.3 Å². The Labute approximate surface area is 288 Å². The average Bonchev–Trinajstić information content (AvgIpc) is 3.05. The highest BCUT2D eigenvalue weighted by Gasteiger charge is 2.30. The van der Waals surface area contributed by atoms with Crippen LogP contribution in [0.15, 0.2) is 66.7 Å². The van der Waals surface area contributed by atoms with Crippen molar-refractivity contribution >= 4 is 0 Å². The third-order valence-electron chi connectivity index (χ3n) is 9.74. The highest BCUT2D eigenvalue weighted by molar-refractivity contribution is 5.47. The Balaban J connectivity index is 1.68. The minimum absolute atomic E-state index is 0.180. The van der Waals surface area contributed by atoms with Crippen LogP contribution < -0.4 is 9.47 Å². The standard InChI is InChI=1S/C44H66O3/c1-7-9-11-13-15-17-23-32-46-41-30-21-19-27-38(41)43(3,4)34-36-26-25-29-40(45)37(36)35-44(5,6)39-28-20-22-31-42(39)47-33-24-18-16-14-12-10-8-2/h19-22,25-31,45H,7-18,23-24,32-35H2,1-6H3. The second-order valence-corrected chi connectivity index (χ2v) is 15.0. The van der Waals surface area contributed by atoms with Crippen molar-refractivity contribution in [3.05, 3.63) is 89.0 Å². The van der Waals surface area contributed by atoms with Crippen LogP contribution in [0.1, 0.15) is 154 Å². The molecule has 0 aliphatic rings. The molecule has 0 fully saturated rings. The van der Waals surface area contributed by atoms with Gasteiger partial charge in [-0.1, -0.05) is 167 Å². The van der Waals surface area contributed by atoms with E-state index in [2.05, 4.69) is 96.1 Å². The van der Waals surface area contributed by atoms with Gasteiger partial charge in [-0.05, 0) is 65.8 Å². The van der Waals surface area contributed by atoms with Crippen molar-refractivity contribution in [3.63, 3.8) is 0 Å². The molecule has 3 aromatic carbocycles. The Kier molecular flexibility index (Phi) is 16.7. The van der Waals surface area contributed by atoms with Gasteiger partial charge >= 0.3 is 0 Å². The Hall–Kier alpha value is -2.94. The molecule has 0 aromatic heterocycles. The van der Waals surface area contributed by atoms with Crippen molar-refractivity contribution in [2.45, 2.75) is 155 Å². The van der Waals surface area contributed by atoms with Gasteiger partial charge in [-0.15, -0.1) is 0 Å². The minimum Gasteiger partial charge on any atom is -0.508 e. The van der Waals surface area contributed by atoms with Crippen LogP contribution in [0.5, 0.6) is 17.2 Å². The molecule has 47 heavy (non-hydrogen) atoms. The quantitative estimate of drug-likeness (QED) is 0.0988. The Morgan fingerprint density at radius 3 is 1.40 bits per heavy atom. The maximum Gasteiger partial charge on any atom is 0.123 e. The molecule has 0 spiro atoms. The predicted molar refractivity (Wildman–Crippen MR) is 201 cm³/mol. The molecule has 0 aliphatic carbocycles. The Bertz CT molecular complexity index is 1290. The molecule has 0 saturated carbocycles. The summed E-state index contributed by atoms with van der Waals surface area (Å²) in [6, 6.07) is 23.0. The third kappa shape index (κ3) is 12.9. The van der Waals surface area contributed by atoms with E-state index in [0.29, 0.717) is 5.75 Å². The molecule has 0 unspecified atom stereocenters. The van der Waals surface area contributed by atoms with Gasteiger partial charge in [0.1, 0.15) is 17.2 Å². The normalized spacial score (nSPS) is 12.0. The molecular weight excluding hydrogens is 576 g/mol. The van der Waals surface area contributed by atoms with E-state index >= 15 is 0 Å². The lowest BCUT2D eigenvalue weighted by atomic mass is 9.74. The summed E-state index contributed by atoms with van der Waals surface area (Å²) < 4.78 is 12.8. The van der Waals surface area contributed by atoms with Crippen LogP contribution in [0.2, 0.25) is 0 Å². The molecule has 0 bridgehead atoms. The first-order valence-electron chi connectivity index (χ1n) is 18.9. The van der Waals surface area contributed by atoms with Crippen LogP contribution in [-0.2, 0) is 23.7 Å². The molecule has 3 heteroatoms. The first-order chi connectivity index (χ1) is 22.7. The molecular formula is C44H66O3. The Morgan fingerprint density at radius 1 is 0.489 bits per heavy atom. The molecule has 0 radical (unpaired) electrons. The SMILES string of the molecule is CCCCCCCCCOc1ccccc1C(C)(C)Cc1cccc(O)c1CC(C)(C)c1ccccc1OCCCCCCCCC. The summed E-state index contributed by atoms with van der Waals surface area (Å²) in [6.45, 7) is 15.2. The van der Waals surface area contributed by atoms with E-state index < -0.39 is 0 Å². The number of benzene rings is 3. The monoisotopic (exact) mass is 643 g/mol. The zero-order chi connectivity index (χ0) is 34.0. The first kappa shape index (κ1) is 38.5. The van der Waals surface area contributed by atoms with E-state index in [9.17, 15) is 5.11 Å². The van der Waals surface area contributed by atoms with Crippen LogP contribution in [0.3, 0.4) is 0 Å². The molecule has 0 amide bonds. The second kappa shape index (κ2) is 20.4. The number of rotatable bonds is 24. The van der Waals surface area contributed by atoms with E-state index in [-0.39, 0.29) is 10.8 Å². The zero-order valence-electron chi connectivity index (χ0n) is 30.8. The molecule has 3 aromatic rings. The average molecular weight is 643 g/mol. The van der Waals surface area contributed by atoms with E-state index in [4.69, 9.17) is 9.47 Å². The van der Waals surface area contributed by atoms with E-state index in [1.807, 2.05) is 12.1 Å². The first-order valence-corrected chi connectivity index (χ1v) is 18.9. The van der Waals surface area contributed by atoms with Gasteiger partial charge in [0.15, 0.2) is 0 Å². The van der Waals surface area contributed by atoms with Crippen LogP contribution >= 0.6 is 0 Å². The van der Waals surface area contributed by atoms with Gasteiger partial charge in [0.05, 0.1) is 13.2 Å². The number of unbranched alkanes of at least 4 members (excludes halogenated alkanes) is 12. The zero-order valence-corrected chi connectivity index (χ0v) is 30.8. The van der Waals surface area contributed by atoms with Crippen LogP contribution in [0, 0.1) is 0 Å². The minimum atomic E-state index is -0.230. The van der Waals surface area contributed by atoms with Gasteiger partial charge in [0, 0.05) is 11.1 Å². The topological polar surface area (TPSA) is 38.7 Å². The van der Waals surface area contributed by atoms with E-state index in [1.165, 1.54) is 93.7 Å². The largest absolute Gasteiger partial charge is 0.508 e. The number of phenols is 1. The number of phenolic OH excluding ortho intramolecular Hbond substituents is 1. The van der Waals surface area contributed by atoms with Crippen LogP contribution in [0.4, 0.5) is 0 Å². The van der Waals surface area contributed by atoms with Crippen LogP contribution in [0.25, 0.3) is 0 Å². The number of hydrogen-bond donors (Lipinski definition) is 1. The van der Waals surface area contributed by atoms with Gasteiger partial charge in [-0.25, -0.2) is 0 Å². The van der Waals surface area contributed by atoms with Gasteiger partial charge in [-0.3, -0.25) is 0 Å². The maximum atomic E-state index is 11.2. The molecule has 1 N–H and O–H groups in total. The number of para-hydroxylation sites is 2. The smallest absolute Gasteiger partial charge is 0.123 e. The highest BCUT2D eigenvalue weighted by atomic mass is 16.5. The van der Waals surface area contributed by atoms with Crippen molar-refractivity contribution in [2.24, 2.45) is 0 Å². The van der Waals surface area contributed by atoms with Gasteiger partial charge in [-0.2, -0.15) is 0 Å². The number of ether oxygens (including phenoxy) is 2. The van der Waals surface area contributed by atoms with Gasteiger partial charge < -0.3 is 14.6 Å². The fourth-order valence-corrected chi connectivity index (χ4v) is 6.89. The lowest BCUT2D eigenvalue weighted by Crippen LogP contribution is -2.25. The molecule has 3 nitrogen and oxygen atoms in total. The van der Waals surface area contributed by atoms with Gasteiger partial charge in [0.2, 0.25) is 0 Å². The number of aromatic hydroxyl groups is 1. The second-order valence-electron chi connectivity index (χ2n) is 15.0. The molecule has 260 valence electrons. The lowest BCUT2D eigenvalue weighted by Gasteiger charge is -2.32. The summed E-state index contributed by atoms with van der Waals surface area (Å²) in [4.78, 5) is 0. The summed E-state index contributed by atoms with van der Waals surface area (Å²) in [5.41, 5.74) is 4.22. The fourth-order valence-electron chi connectivity index (χ4n) is 6.89. The summed E-state index contributed by atoms with van der Waals surface area (Å²) >= 11 is 0. The Morgan fingerprint density at radius 2 is 0.915 bits per heavy atom.